The van der Waals surface area contributed by atoms with E-state index in [1.165, 1.54) is 18.5 Å². The number of fused-ring (bicyclic) bond motifs is 6. The highest BCUT2D eigenvalue weighted by Crippen LogP contribution is 2.38. The van der Waals surface area contributed by atoms with E-state index in [-0.39, 0.29) is 17.2 Å². The minimum absolute atomic E-state index is 0.0548. The number of hydrogen-bond donors (Lipinski definition) is 3. The van der Waals surface area contributed by atoms with E-state index in [9.17, 15) is 18.0 Å². The van der Waals surface area contributed by atoms with Crippen molar-refractivity contribution in [2.75, 3.05) is 34.3 Å². The number of carbonyl (C=O) groups excluding carboxylic acids is 1. The Kier molecular flexibility index (Phi) is 6.80. The number of aryl methyl sites for hydroxylation is 1. The van der Waals surface area contributed by atoms with Crippen molar-refractivity contribution < 1.29 is 22.7 Å². The monoisotopic (exact) mass is 584 g/mol. The van der Waals surface area contributed by atoms with Crippen molar-refractivity contribution in [2.45, 2.75) is 32.2 Å². The molecule has 0 spiro atoms. The number of halogens is 4. The Bertz CT molecular complexity index is 1650. The number of nitrogens with zero attached hydrogens (tertiary/aromatic N) is 5. The summed E-state index contributed by atoms with van der Waals surface area (Å²) < 4.78 is 45.9. The number of hydrogen-bond acceptors (Lipinski definition) is 8. The molecule has 4 bridgehead atoms. The van der Waals surface area contributed by atoms with E-state index in [1.54, 1.807) is 29.4 Å². The van der Waals surface area contributed by atoms with Gasteiger partial charge in [0, 0.05) is 17.9 Å². The third-order valence-electron chi connectivity index (χ3n) is 6.79. The van der Waals surface area contributed by atoms with Crippen LogP contribution in [0.15, 0.2) is 54.9 Å². The standard InChI is InChI=1S/C27H24ClF3N8O2/c1-14-3-5-19(10-22(14)37-39-25-33-13-32-24(36-25)23-12-38(39)11-15(2)41-23)35-26(40)34-18-6-4-16-9-21(28)20(27(29,30)31)8-17(16)7-18/h3-10,13,15,23,37H,11-12H2,1-2H3,(H2,34,35,40). The van der Waals surface area contributed by atoms with Crippen molar-refractivity contribution >= 4 is 51.4 Å². The number of rotatable bonds is 4. The average molecular weight is 585 g/mol. The molecule has 0 radical (unpaired) electrons. The Morgan fingerprint density at radius 1 is 1.02 bits per heavy atom. The highest BCUT2D eigenvalue weighted by Gasteiger charge is 2.36. The summed E-state index contributed by atoms with van der Waals surface area (Å²) in [6.45, 7) is 5.04. The lowest BCUT2D eigenvalue weighted by Gasteiger charge is -2.40. The highest BCUT2D eigenvalue weighted by atomic mass is 35.5. The van der Waals surface area contributed by atoms with Gasteiger partial charge >= 0.3 is 12.2 Å². The van der Waals surface area contributed by atoms with Gasteiger partial charge in [-0.3, -0.25) is 5.43 Å². The van der Waals surface area contributed by atoms with Gasteiger partial charge in [0.1, 0.15) is 12.4 Å². The van der Waals surface area contributed by atoms with E-state index < -0.39 is 17.8 Å². The zero-order valence-corrected chi connectivity index (χ0v) is 22.6. The predicted octanol–water partition coefficient (Wildman–Crippen LogP) is 6.17. The van der Waals surface area contributed by atoms with Crippen LogP contribution in [0.2, 0.25) is 5.02 Å². The third-order valence-corrected chi connectivity index (χ3v) is 7.10. The van der Waals surface area contributed by atoms with Crippen LogP contribution < -0.4 is 21.2 Å². The second-order valence-corrected chi connectivity index (χ2v) is 10.3. The maximum Gasteiger partial charge on any atom is 0.417 e. The van der Waals surface area contributed by atoms with E-state index in [4.69, 9.17) is 16.3 Å². The molecule has 2 amide bonds. The minimum atomic E-state index is -4.59. The number of ether oxygens (including phenoxy) is 1. The van der Waals surface area contributed by atoms with E-state index >= 15 is 0 Å². The summed E-state index contributed by atoms with van der Waals surface area (Å²) in [6, 6.07) is 11.7. The van der Waals surface area contributed by atoms with Crippen LogP contribution in [0.1, 0.15) is 30.0 Å². The number of nitrogens with one attached hydrogen (secondary N) is 3. The van der Waals surface area contributed by atoms with Gasteiger partial charge in [-0.25, -0.2) is 9.78 Å². The molecule has 2 aliphatic rings. The van der Waals surface area contributed by atoms with Crippen molar-refractivity contribution in [3.63, 3.8) is 0 Å². The smallest absolute Gasteiger partial charge is 0.364 e. The molecule has 3 atom stereocenters. The molecule has 0 saturated carbocycles. The van der Waals surface area contributed by atoms with Gasteiger partial charge in [-0.05, 0) is 66.6 Å². The van der Waals surface area contributed by atoms with Crippen LogP contribution in [-0.2, 0) is 10.9 Å². The van der Waals surface area contributed by atoms with Crippen LogP contribution in [0, 0.1) is 6.92 Å². The molecule has 1 aromatic heterocycles. The molecule has 14 heteroatoms. The lowest BCUT2D eigenvalue weighted by Crippen LogP contribution is -2.54. The average Bonchev–Trinajstić information content (AvgIpc) is 2.98. The molecule has 1 fully saturated rings. The summed E-state index contributed by atoms with van der Waals surface area (Å²) in [4.78, 5) is 25.9. The van der Waals surface area contributed by atoms with Gasteiger partial charge in [0.05, 0.1) is 28.9 Å². The number of hydrazine groups is 2. The molecule has 3 heterocycles. The molecule has 1 saturated heterocycles. The van der Waals surface area contributed by atoms with Crippen LogP contribution in [0.25, 0.3) is 10.8 Å². The first-order valence-electron chi connectivity index (χ1n) is 12.7. The zero-order valence-electron chi connectivity index (χ0n) is 21.8. The van der Waals surface area contributed by atoms with Crippen molar-refractivity contribution in [1.82, 2.24) is 20.0 Å². The van der Waals surface area contributed by atoms with Gasteiger partial charge in [0.15, 0.2) is 5.82 Å². The molecule has 41 heavy (non-hydrogen) atoms. The molecule has 2 aliphatic heterocycles. The summed E-state index contributed by atoms with van der Waals surface area (Å²) in [5.74, 6) is 0.975. The topological polar surface area (TPSA) is 108 Å². The Morgan fingerprint density at radius 2 is 1.78 bits per heavy atom. The second-order valence-electron chi connectivity index (χ2n) is 9.87. The molecule has 10 nitrogen and oxygen atoms in total. The minimum Gasteiger partial charge on any atom is -0.364 e. The Hall–Kier alpha value is -4.20. The summed E-state index contributed by atoms with van der Waals surface area (Å²) in [5.41, 5.74) is 4.83. The van der Waals surface area contributed by atoms with E-state index in [0.29, 0.717) is 52.7 Å². The Balaban J connectivity index is 1.19. The van der Waals surface area contributed by atoms with Crippen LogP contribution in [0.4, 0.5) is 41.0 Å². The van der Waals surface area contributed by atoms with Crippen LogP contribution >= 0.6 is 11.6 Å². The zero-order chi connectivity index (χ0) is 28.9. The fourth-order valence-corrected chi connectivity index (χ4v) is 5.11. The van der Waals surface area contributed by atoms with Gasteiger partial charge in [0.25, 0.3) is 5.95 Å². The molecule has 3 aromatic carbocycles. The quantitative estimate of drug-likeness (QED) is 0.261. The number of aromatic nitrogens is 3. The van der Waals surface area contributed by atoms with Crippen LogP contribution in [0.5, 0.6) is 0 Å². The third kappa shape index (κ3) is 5.56. The number of carbonyl (C=O) groups is 1. The van der Waals surface area contributed by atoms with Gasteiger partial charge in [-0.2, -0.15) is 33.3 Å². The molecule has 3 N–H and O–H groups in total. The maximum absolute atomic E-state index is 13.3. The molecule has 0 aliphatic carbocycles. The molecular weight excluding hydrogens is 561 g/mol. The molecule has 212 valence electrons. The van der Waals surface area contributed by atoms with Gasteiger partial charge in [-0.1, -0.05) is 23.7 Å². The van der Waals surface area contributed by atoms with Crippen molar-refractivity contribution in [3.05, 3.63) is 76.8 Å². The Labute approximate surface area is 237 Å². The lowest BCUT2D eigenvalue weighted by atomic mass is 10.1. The summed E-state index contributed by atoms with van der Waals surface area (Å²) in [6.07, 6.45) is -3.48. The summed E-state index contributed by atoms with van der Waals surface area (Å²) in [7, 11) is 0. The van der Waals surface area contributed by atoms with E-state index in [0.717, 1.165) is 11.6 Å². The Morgan fingerprint density at radius 3 is 2.56 bits per heavy atom. The fraction of sp³-hybridized carbons (Fsp3) is 0.259. The van der Waals surface area contributed by atoms with Gasteiger partial charge in [-0.15, -0.1) is 0 Å². The van der Waals surface area contributed by atoms with Gasteiger partial charge < -0.3 is 15.4 Å². The first-order valence-corrected chi connectivity index (χ1v) is 13.1. The first-order chi connectivity index (χ1) is 19.5. The van der Waals surface area contributed by atoms with Crippen molar-refractivity contribution in [2.24, 2.45) is 0 Å². The number of benzene rings is 3. The predicted molar refractivity (Wildman–Crippen MR) is 149 cm³/mol. The van der Waals surface area contributed by atoms with E-state index in [1.807, 2.05) is 24.9 Å². The molecule has 6 rings (SSSR count). The van der Waals surface area contributed by atoms with E-state index in [2.05, 4.69) is 31.0 Å². The number of urea groups is 1. The molecule has 3 unspecified atom stereocenters. The number of morpholine rings is 1. The number of alkyl halides is 3. The fourth-order valence-electron chi connectivity index (χ4n) is 4.83. The van der Waals surface area contributed by atoms with Crippen molar-refractivity contribution in [1.29, 1.82) is 0 Å². The first kappa shape index (κ1) is 27.0. The summed E-state index contributed by atoms with van der Waals surface area (Å²) >= 11 is 5.82. The maximum atomic E-state index is 13.3. The van der Waals surface area contributed by atoms with Crippen LogP contribution in [-0.4, -0.2) is 45.2 Å². The number of anilines is 4. The van der Waals surface area contributed by atoms with Crippen molar-refractivity contribution in [3.8, 4) is 0 Å². The largest absolute Gasteiger partial charge is 0.417 e. The highest BCUT2D eigenvalue weighted by molar-refractivity contribution is 6.32. The lowest BCUT2D eigenvalue weighted by molar-refractivity contribution is -0.137. The molecular formula is C27H24ClF3N8O2. The summed E-state index contributed by atoms with van der Waals surface area (Å²) in [5, 5.41) is 9.67. The van der Waals surface area contributed by atoms with Gasteiger partial charge in [0.2, 0.25) is 0 Å². The van der Waals surface area contributed by atoms with Crippen LogP contribution in [0.3, 0.4) is 0 Å². The second kappa shape index (κ2) is 10.3. The normalized spacial score (nSPS) is 20.0. The number of amides is 2. The molecule has 4 aromatic rings. The SMILES string of the molecule is Cc1ccc(NC(=O)Nc2ccc3cc(Cl)c(C(F)(F)F)cc3c2)cc1NN1c2ncnc(n2)C2CN1CC(C)O2.